The average Bonchev–Trinajstić information content (AvgIpc) is 2.73. The summed E-state index contributed by atoms with van der Waals surface area (Å²) in [4.78, 5) is 27.3. The molecule has 1 N–H and O–H groups in total. The van der Waals surface area contributed by atoms with Crippen LogP contribution in [0.15, 0.2) is 46.9 Å². The largest absolute Gasteiger partial charge is 0.484 e. The summed E-state index contributed by atoms with van der Waals surface area (Å²) < 4.78 is 6.64. The molecule has 0 saturated heterocycles. The van der Waals surface area contributed by atoms with Gasteiger partial charge in [0.25, 0.3) is 5.91 Å². The Balaban J connectivity index is 2.15. The lowest BCUT2D eigenvalue weighted by Crippen LogP contribution is -2.50. The standard InChI is InChI=1S/C23H28BrClN2O3/c1-5-16(3)26-23(29)17(4)27(13-18-6-8-19(24)9-7-18)22(28)14-30-20-10-11-21(25)15(2)12-20/h6-12,16-17H,5,13-14H2,1-4H3,(H,26,29). The van der Waals surface area contributed by atoms with Crippen LogP contribution in [0, 0.1) is 6.92 Å². The molecule has 0 bridgehead atoms. The van der Waals surface area contributed by atoms with Gasteiger partial charge in [-0.3, -0.25) is 9.59 Å². The molecule has 0 aliphatic rings. The molecule has 0 aliphatic heterocycles. The number of carbonyl (C=O) groups excluding carboxylic acids is 2. The van der Waals surface area contributed by atoms with Crippen molar-refractivity contribution in [2.45, 2.75) is 52.7 Å². The summed E-state index contributed by atoms with van der Waals surface area (Å²) in [6.07, 6.45) is 0.818. The van der Waals surface area contributed by atoms with E-state index in [0.717, 1.165) is 22.0 Å². The Morgan fingerprint density at radius 1 is 1.17 bits per heavy atom. The number of hydrogen-bond acceptors (Lipinski definition) is 3. The van der Waals surface area contributed by atoms with E-state index in [4.69, 9.17) is 16.3 Å². The van der Waals surface area contributed by atoms with Crippen LogP contribution >= 0.6 is 27.5 Å². The SMILES string of the molecule is CCC(C)NC(=O)C(C)N(Cc1ccc(Br)cc1)C(=O)COc1ccc(Cl)c(C)c1. The molecule has 2 unspecified atom stereocenters. The third-order valence-electron chi connectivity index (χ3n) is 4.93. The lowest BCUT2D eigenvalue weighted by Gasteiger charge is -2.29. The van der Waals surface area contributed by atoms with Crippen LogP contribution in [0.25, 0.3) is 0 Å². The van der Waals surface area contributed by atoms with Crippen molar-refractivity contribution in [3.63, 3.8) is 0 Å². The van der Waals surface area contributed by atoms with Crippen molar-refractivity contribution in [3.8, 4) is 5.75 Å². The molecule has 0 heterocycles. The van der Waals surface area contributed by atoms with E-state index < -0.39 is 6.04 Å². The Kier molecular flexibility index (Phi) is 9.18. The van der Waals surface area contributed by atoms with E-state index in [9.17, 15) is 9.59 Å². The van der Waals surface area contributed by atoms with Gasteiger partial charge >= 0.3 is 0 Å². The Bertz CT molecular complexity index is 873. The quantitative estimate of drug-likeness (QED) is 0.525. The molecule has 0 fully saturated rings. The van der Waals surface area contributed by atoms with Gasteiger partial charge < -0.3 is 15.0 Å². The zero-order chi connectivity index (χ0) is 22.3. The van der Waals surface area contributed by atoms with E-state index in [1.165, 1.54) is 0 Å². The molecule has 2 aromatic carbocycles. The normalized spacial score (nSPS) is 12.7. The summed E-state index contributed by atoms with van der Waals surface area (Å²) in [5.41, 5.74) is 1.80. The number of halogens is 2. The molecule has 162 valence electrons. The number of nitrogens with zero attached hydrogens (tertiary/aromatic N) is 1. The van der Waals surface area contributed by atoms with Crippen molar-refractivity contribution in [3.05, 3.63) is 63.1 Å². The van der Waals surface area contributed by atoms with E-state index in [1.807, 2.05) is 45.0 Å². The number of rotatable bonds is 9. The predicted octanol–water partition coefficient (Wildman–Crippen LogP) is 5.12. The minimum atomic E-state index is -0.634. The lowest BCUT2D eigenvalue weighted by molar-refractivity contribution is -0.142. The Labute approximate surface area is 191 Å². The van der Waals surface area contributed by atoms with Gasteiger partial charge in [-0.25, -0.2) is 0 Å². The van der Waals surface area contributed by atoms with Gasteiger partial charge in [-0.05, 0) is 68.7 Å². The molecule has 0 aliphatic carbocycles. The van der Waals surface area contributed by atoms with E-state index >= 15 is 0 Å². The van der Waals surface area contributed by atoms with Crippen LogP contribution in [0.5, 0.6) is 5.75 Å². The van der Waals surface area contributed by atoms with Gasteiger partial charge in [0.1, 0.15) is 11.8 Å². The van der Waals surface area contributed by atoms with Crippen LogP contribution in [0.3, 0.4) is 0 Å². The smallest absolute Gasteiger partial charge is 0.261 e. The second-order valence-electron chi connectivity index (χ2n) is 7.34. The van der Waals surface area contributed by atoms with E-state index in [-0.39, 0.29) is 24.5 Å². The summed E-state index contributed by atoms with van der Waals surface area (Å²) in [6, 6.07) is 12.3. The molecular weight excluding hydrogens is 468 g/mol. The number of ether oxygens (including phenoxy) is 1. The van der Waals surface area contributed by atoms with Crippen molar-refractivity contribution in [1.82, 2.24) is 10.2 Å². The highest BCUT2D eigenvalue weighted by molar-refractivity contribution is 9.10. The molecular formula is C23H28BrClN2O3. The minimum absolute atomic E-state index is 0.0397. The molecule has 7 heteroatoms. The van der Waals surface area contributed by atoms with Crippen LogP contribution in [0.4, 0.5) is 0 Å². The number of carbonyl (C=O) groups is 2. The molecule has 2 aromatic rings. The van der Waals surface area contributed by atoms with Crippen molar-refractivity contribution >= 4 is 39.3 Å². The summed E-state index contributed by atoms with van der Waals surface area (Å²) >= 11 is 9.46. The van der Waals surface area contributed by atoms with Crippen molar-refractivity contribution in [2.24, 2.45) is 0 Å². The maximum absolute atomic E-state index is 13.0. The number of hydrogen-bond donors (Lipinski definition) is 1. The van der Waals surface area contributed by atoms with Gasteiger partial charge in [-0.15, -0.1) is 0 Å². The van der Waals surface area contributed by atoms with Crippen LogP contribution in [-0.2, 0) is 16.1 Å². The molecule has 2 atom stereocenters. The summed E-state index contributed by atoms with van der Waals surface area (Å²) in [5.74, 6) is 0.111. The summed E-state index contributed by atoms with van der Waals surface area (Å²) in [7, 11) is 0. The third-order valence-corrected chi connectivity index (χ3v) is 5.88. The second-order valence-corrected chi connectivity index (χ2v) is 8.66. The fraction of sp³-hybridized carbons (Fsp3) is 0.391. The molecule has 2 amide bonds. The Morgan fingerprint density at radius 3 is 2.43 bits per heavy atom. The topological polar surface area (TPSA) is 58.6 Å². The highest BCUT2D eigenvalue weighted by atomic mass is 79.9. The molecule has 5 nitrogen and oxygen atoms in total. The Hall–Kier alpha value is -2.05. The summed E-state index contributed by atoms with van der Waals surface area (Å²) in [6.45, 7) is 7.70. The van der Waals surface area contributed by atoms with Crippen LogP contribution in [0.1, 0.15) is 38.3 Å². The van der Waals surface area contributed by atoms with Gasteiger partial charge in [0.05, 0.1) is 0 Å². The maximum Gasteiger partial charge on any atom is 0.261 e. The number of aryl methyl sites for hydroxylation is 1. The van der Waals surface area contributed by atoms with Gasteiger partial charge in [-0.1, -0.05) is 46.6 Å². The molecule has 0 aromatic heterocycles. The third kappa shape index (κ3) is 7.03. The van der Waals surface area contributed by atoms with Crippen LogP contribution < -0.4 is 10.1 Å². The maximum atomic E-state index is 13.0. The second kappa shape index (κ2) is 11.4. The van der Waals surface area contributed by atoms with Gasteiger partial charge in [0.15, 0.2) is 6.61 Å². The van der Waals surface area contributed by atoms with E-state index in [1.54, 1.807) is 30.0 Å². The van der Waals surface area contributed by atoms with Gasteiger partial charge in [-0.2, -0.15) is 0 Å². The fourth-order valence-corrected chi connectivity index (χ4v) is 3.15. The zero-order valence-electron chi connectivity index (χ0n) is 17.7. The van der Waals surface area contributed by atoms with Crippen molar-refractivity contribution in [2.75, 3.05) is 6.61 Å². The number of amides is 2. The van der Waals surface area contributed by atoms with Crippen molar-refractivity contribution < 1.29 is 14.3 Å². The zero-order valence-corrected chi connectivity index (χ0v) is 20.1. The molecule has 0 spiro atoms. The van der Waals surface area contributed by atoms with Gasteiger partial charge in [0.2, 0.25) is 5.91 Å². The van der Waals surface area contributed by atoms with Crippen LogP contribution in [-0.4, -0.2) is 35.4 Å². The minimum Gasteiger partial charge on any atom is -0.484 e. The first-order valence-electron chi connectivity index (χ1n) is 9.94. The monoisotopic (exact) mass is 494 g/mol. The highest BCUT2D eigenvalue weighted by Crippen LogP contribution is 2.21. The van der Waals surface area contributed by atoms with E-state index in [0.29, 0.717) is 17.3 Å². The first kappa shape index (κ1) is 24.2. The first-order valence-corrected chi connectivity index (χ1v) is 11.1. The van der Waals surface area contributed by atoms with Crippen LogP contribution in [0.2, 0.25) is 5.02 Å². The van der Waals surface area contributed by atoms with Crippen molar-refractivity contribution in [1.29, 1.82) is 0 Å². The van der Waals surface area contributed by atoms with E-state index in [2.05, 4.69) is 21.2 Å². The molecule has 30 heavy (non-hydrogen) atoms. The summed E-state index contributed by atoms with van der Waals surface area (Å²) in [5, 5.41) is 3.59. The number of benzene rings is 2. The highest BCUT2D eigenvalue weighted by Gasteiger charge is 2.27. The molecule has 0 saturated carbocycles. The predicted molar refractivity (Wildman–Crippen MR) is 124 cm³/mol. The lowest BCUT2D eigenvalue weighted by atomic mass is 10.1. The fourth-order valence-electron chi connectivity index (χ4n) is 2.77. The Morgan fingerprint density at radius 2 is 1.83 bits per heavy atom. The average molecular weight is 496 g/mol. The first-order chi connectivity index (χ1) is 14.2. The number of nitrogens with one attached hydrogen (secondary N) is 1. The van der Waals surface area contributed by atoms with Gasteiger partial charge in [0, 0.05) is 22.1 Å². The molecule has 2 rings (SSSR count). The molecule has 0 radical (unpaired) electrons.